The Morgan fingerprint density at radius 3 is 2.71 bits per heavy atom. The van der Waals surface area contributed by atoms with Gasteiger partial charge < -0.3 is 10.1 Å². The first-order chi connectivity index (χ1) is 6.54. The van der Waals surface area contributed by atoms with Crippen LogP contribution in [0.4, 0.5) is 0 Å². The molecule has 1 aliphatic carbocycles. The summed E-state index contributed by atoms with van der Waals surface area (Å²) in [5.41, 5.74) is 1.65. The fraction of sp³-hybridized carbons (Fsp3) is 0.833. The van der Waals surface area contributed by atoms with E-state index in [0.717, 1.165) is 18.7 Å². The van der Waals surface area contributed by atoms with Crippen LogP contribution in [0.5, 0.6) is 0 Å². The molecule has 1 fully saturated rings. The highest BCUT2D eigenvalue weighted by Gasteiger charge is 2.41. The van der Waals surface area contributed by atoms with Crippen LogP contribution in [-0.4, -0.2) is 25.8 Å². The summed E-state index contributed by atoms with van der Waals surface area (Å²) in [5, 5.41) is 3.50. The number of ether oxygens (including phenoxy) is 1. The van der Waals surface area contributed by atoms with Gasteiger partial charge in [0.1, 0.15) is 0 Å². The minimum atomic E-state index is 0.564. The molecule has 1 rings (SSSR count). The summed E-state index contributed by atoms with van der Waals surface area (Å²) in [5.74, 6) is 0. The molecule has 1 aliphatic rings. The van der Waals surface area contributed by atoms with E-state index in [2.05, 4.69) is 25.7 Å². The first kappa shape index (κ1) is 11.7. The lowest BCUT2D eigenvalue weighted by Gasteiger charge is -2.20. The van der Waals surface area contributed by atoms with Gasteiger partial charge in [-0.2, -0.15) is 0 Å². The van der Waals surface area contributed by atoms with Gasteiger partial charge in [-0.1, -0.05) is 19.1 Å². The minimum Gasteiger partial charge on any atom is -0.376 e. The number of nitrogens with one attached hydrogen (secondary N) is 1. The van der Waals surface area contributed by atoms with Crippen molar-refractivity contribution in [2.24, 2.45) is 5.41 Å². The fourth-order valence-electron chi connectivity index (χ4n) is 1.47. The third-order valence-corrected chi connectivity index (χ3v) is 3.13. The molecule has 1 unspecified atom stereocenters. The number of rotatable bonds is 7. The molecule has 0 aromatic rings. The van der Waals surface area contributed by atoms with Crippen LogP contribution in [0.15, 0.2) is 12.2 Å². The van der Waals surface area contributed by atoms with Crippen molar-refractivity contribution in [1.82, 2.24) is 5.32 Å². The van der Waals surface area contributed by atoms with E-state index in [9.17, 15) is 0 Å². The van der Waals surface area contributed by atoms with E-state index in [1.807, 2.05) is 6.92 Å². The Labute approximate surface area is 87.7 Å². The lowest BCUT2D eigenvalue weighted by molar-refractivity contribution is 0.152. The Balaban J connectivity index is 1.96. The zero-order chi connectivity index (χ0) is 10.6. The topological polar surface area (TPSA) is 21.3 Å². The maximum absolute atomic E-state index is 5.42. The van der Waals surface area contributed by atoms with E-state index >= 15 is 0 Å². The molecule has 2 heteroatoms. The van der Waals surface area contributed by atoms with Crippen LogP contribution in [0.3, 0.4) is 0 Å². The highest BCUT2D eigenvalue weighted by Crippen LogP contribution is 2.47. The summed E-state index contributed by atoms with van der Waals surface area (Å²) in [6, 6.07) is 0.621. The average molecular weight is 197 g/mol. The van der Waals surface area contributed by atoms with E-state index in [-0.39, 0.29) is 0 Å². The van der Waals surface area contributed by atoms with Crippen molar-refractivity contribution in [2.45, 2.75) is 39.7 Å². The third-order valence-electron chi connectivity index (χ3n) is 3.13. The van der Waals surface area contributed by atoms with Gasteiger partial charge in [0.15, 0.2) is 0 Å². The van der Waals surface area contributed by atoms with Crippen LogP contribution in [0, 0.1) is 5.41 Å². The predicted molar refractivity (Wildman–Crippen MR) is 60.4 cm³/mol. The molecule has 1 atom stereocenters. The van der Waals surface area contributed by atoms with Gasteiger partial charge in [-0.3, -0.25) is 0 Å². The van der Waals surface area contributed by atoms with Crippen molar-refractivity contribution in [3.63, 3.8) is 0 Å². The molecule has 1 saturated carbocycles. The van der Waals surface area contributed by atoms with Gasteiger partial charge in [-0.05, 0) is 32.1 Å². The second-order valence-electron chi connectivity index (χ2n) is 4.84. The number of hydrogen-bond donors (Lipinski definition) is 1. The Hall–Kier alpha value is -0.340. The molecule has 0 saturated heterocycles. The smallest absolute Gasteiger partial charge is 0.0672 e. The van der Waals surface area contributed by atoms with Gasteiger partial charge in [0.25, 0.3) is 0 Å². The third kappa shape index (κ3) is 3.81. The summed E-state index contributed by atoms with van der Waals surface area (Å²) in [4.78, 5) is 0. The lowest BCUT2D eigenvalue weighted by Crippen LogP contribution is -2.35. The molecule has 0 aromatic heterocycles. The van der Waals surface area contributed by atoms with Crippen molar-refractivity contribution in [1.29, 1.82) is 0 Å². The van der Waals surface area contributed by atoms with E-state index in [0.29, 0.717) is 18.1 Å². The normalized spacial score (nSPS) is 20.5. The highest BCUT2D eigenvalue weighted by molar-refractivity contribution is 4.96. The molecule has 0 heterocycles. The maximum atomic E-state index is 5.42. The molecule has 0 bridgehead atoms. The van der Waals surface area contributed by atoms with E-state index < -0.39 is 0 Å². The molecule has 0 amide bonds. The van der Waals surface area contributed by atoms with Gasteiger partial charge in [0.2, 0.25) is 0 Å². The predicted octanol–water partition coefficient (Wildman–Crippen LogP) is 2.36. The molecule has 2 nitrogen and oxygen atoms in total. The molecule has 82 valence electrons. The second kappa shape index (κ2) is 4.94. The van der Waals surface area contributed by atoms with Crippen molar-refractivity contribution in [2.75, 3.05) is 19.8 Å². The summed E-state index contributed by atoms with van der Waals surface area (Å²) >= 11 is 0. The molecular formula is C12H23NO. The zero-order valence-electron chi connectivity index (χ0n) is 9.73. The quantitative estimate of drug-likeness (QED) is 0.500. The van der Waals surface area contributed by atoms with Gasteiger partial charge in [-0.15, -0.1) is 0 Å². The second-order valence-corrected chi connectivity index (χ2v) is 4.84. The first-order valence-corrected chi connectivity index (χ1v) is 5.50. The van der Waals surface area contributed by atoms with Crippen molar-refractivity contribution in [3.8, 4) is 0 Å². The van der Waals surface area contributed by atoms with Crippen LogP contribution in [0.1, 0.15) is 33.6 Å². The first-order valence-electron chi connectivity index (χ1n) is 5.50. The minimum absolute atomic E-state index is 0.564. The molecule has 1 N–H and O–H groups in total. The monoisotopic (exact) mass is 197 g/mol. The van der Waals surface area contributed by atoms with Crippen LogP contribution in [0.25, 0.3) is 0 Å². The molecular weight excluding hydrogens is 174 g/mol. The van der Waals surface area contributed by atoms with Crippen LogP contribution < -0.4 is 5.32 Å². The Morgan fingerprint density at radius 2 is 2.21 bits per heavy atom. The number of hydrogen-bond acceptors (Lipinski definition) is 2. The molecule has 0 aliphatic heterocycles. The standard InChI is InChI=1S/C12H23NO/c1-10(2)9-14-8-7-13-11(3)12(4)5-6-12/h11,13H,1,5-9H2,2-4H3. The van der Waals surface area contributed by atoms with E-state index in [1.165, 1.54) is 12.8 Å². The molecule has 0 spiro atoms. The van der Waals surface area contributed by atoms with Gasteiger partial charge in [0.05, 0.1) is 13.2 Å². The Kier molecular flexibility index (Phi) is 4.14. The SMILES string of the molecule is C=C(C)COCCNC(C)C1(C)CC1. The summed E-state index contributed by atoms with van der Waals surface area (Å²) in [7, 11) is 0. The zero-order valence-corrected chi connectivity index (χ0v) is 9.73. The van der Waals surface area contributed by atoms with E-state index in [1.54, 1.807) is 0 Å². The van der Waals surface area contributed by atoms with Crippen molar-refractivity contribution >= 4 is 0 Å². The van der Waals surface area contributed by atoms with Crippen molar-refractivity contribution < 1.29 is 4.74 Å². The maximum Gasteiger partial charge on any atom is 0.0672 e. The van der Waals surface area contributed by atoms with Gasteiger partial charge in [0, 0.05) is 12.6 Å². The van der Waals surface area contributed by atoms with Crippen LogP contribution >= 0.6 is 0 Å². The van der Waals surface area contributed by atoms with Gasteiger partial charge >= 0.3 is 0 Å². The fourth-order valence-corrected chi connectivity index (χ4v) is 1.47. The molecule has 14 heavy (non-hydrogen) atoms. The average Bonchev–Trinajstić information content (AvgIpc) is 2.83. The van der Waals surface area contributed by atoms with Crippen LogP contribution in [-0.2, 0) is 4.74 Å². The lowest BCUT2D eigenvalue weighted by atomic mass is 10.0. The largest absolute Gasteiger partial charge is 0.376 e. The molecule has 0 radical (unpaired) electrons. The van der Waals surface area contributed by atoms with Gasteiger partial charge in [-0.25, -0.2) is 0 Å². The summed E-state index contributed by atoms with van der Waals surface area (Å²) < 4.78 is 5.42. The van der Waals surface area contributed by atoms with E-state index in [4.69, 9.17) is 4.74 Å². The van der Waals surface area contributed by atoms with Crippen molar-refractivity contribution in [3.05, 3.63) is 12.2 Å². The molecule has 0 aromatic carbocycles. The summed E-state index contributed by atoms with van der Waals surface area (Å²) in [6.45, 7) is 12.8. The Bertz CT molecular complexity index is 196. The highest BCUT2D eigenvalue weighted by atomic mass is 16.5. The van der Waals surface area contributed by atoms with Crippen LogP contribution in [0.2, 0.25) is 0 Å². The Morgan fingerprint density at radius 1 is 1.57 bits per heavy atom. The summed E-state index contributed by atoms with van der Waals surface area (Å²) in [6.07, 6.45) is 2.74.